The van der Waals surface area contributed by atoms with Crippen molar-refractivity contribution in [1.82, 2.24) is 4.90 Å². The Morgan fingerprint density at radius 1 is 1.46 bits per heavy atom. The van der Waals surface area contributed by atoms with E-state index in [9.17, 15) is 5.11 Å². The van der Waals surface area contributed by atoms with Crippen LogP contribution in [0.25, 0.3) is 0 Å². The van der Waals surface area contributed by atoms with Crippen LogP contribution in [0, 0.1) is 0 Å². The van der Waals surface area contributed by atoms with Crippen LogP contribution in [-0.4, -0.2) is 41.3 Å². The van der Waals surface area contributed by atoms with Gasteiger partial charge in [0.2, 0.25) is 0 Å². The molecule has 1 fully saturated rings. The molecule has 0 saturated carbocycles. The number of nitrogens with two attached hydrogens (primary N) is 1. The molecule has 1 aliphatic heterocycles. The summed E-state index contributed by atoms with van der Waals surface area (Å²) in [5, 5.41) is 9.75. The average Bonchev–Trinajstić information content (AvgIpc) is 2.04. The first kappa shape index (κ1) is 11.0. The molecule has 0 bridgehead atoms. The van der Waals surface area contributed by atoms with Crippen LogP contribution in [0.15, 0.2) is 0 Å². The third kappa shape index (κ3) is 3.25. The Labute approximate surface area is 80.9 Å². The van der Waals surface area contributed by atoms with E-state index in [-0.39, 0.29) is 0 Å². The van der Waals surface area contributed by atoms with Gasteiger partial charge in [-0.15, -0.1) is 0 Å². The Kier molecular flexibility index (Phi) is 3.71. The van der Waals surface area contributed by atoms with E-state index in [0.717, 1.165) is 38.9 Å². The molecule has 1 heterocycles. The van der Waals surface area contributed by atoms with E-state index < -0.39 is 5.60 Å². The number of likely N-dealkylation sites (tertiary alicyclic amines) is 1. The second-order valence-electron chi connectivity index (χ2n) is 4.46. The van der Waals surface area contributed by atoms with Crippen LogP contribution in [0.5, 0.6) is 0 Å². The number of piperidine rings is 1. The van der Waals surface area contributed by atoms with E-state index in [4.69, 9.17) is 5.73 Å². The van der Waals surface area contributed by atoms with E-state index in [1.54, 1.807) is 0 Å². The van der Waals surface area contributed by atoms with Gasteiger partial charge in [-0.05, 0) is 39.7 Å². The molecule has 1 aliphatic rings. The normalized spacial score (nSPS) is 25.8. The highest BCUT2D eigenvalue weighted by Crippen LogP contribution is 2.22. The lowest BCUT2D eigenvalue weighted by Crippen LogP contribution is -2.46. The second kappa shape index (κ2) is 4.40. The molecule has 3 N–H and O–H groups in total. The number of rotatable bonds is 3. The maximum Gasteiger partial charge on any atom is 0.0644 e. The van der Waals surface area contributed by atoms with Gasteiger partial charge in [-0.2, -0.15) is 0 Å². The fraction of sp³-hybridized carbons (Fsp3) is 1.00. The zero-order valence-electron chi connectivity index (χ0n) is 8.79. The molecule has 0 amide bonds. The van der Waals surface area contributed by atoms with Gasteiger partial charge in [-0.3, -0.25) is 0 Å². The van der Waals surface area contributed by atoms with Gasteiger partial charge in [0.15, 0.2) is 0 Å². The second-order valence-corrected chi connectivity index (χ2v) is 4.46. The first-order valence-electron chi connectivity index (χ1n) is 5.22. The van der Waals surface area contributed by atoms with Crippen molar-refractivity contribution >= 4 is 0 Å². The van der Waals surface area contributed by atoms with Crippen molar-refractivity contribution in [3.63, 3.8) is 0 Å². The summed E-state index contributed by atoms with van der Waals surface area (Å²) >= 11 is 0. The minimum Gasteiger partial charge on any atom is -0.390 e. The van der Waals surface area contributed by atoms with Gasteiger partial charge in [0.1, 0.15) is 0 Å². The van der Waals surface area contributed by atoms with E-state index >= 15 is 0 Å². The van der Waals surface area contributed by atoms with Crippen LogP contribution in [-0.2, 0) is 0 Å². The molecule has 3 nitrogen and oxygen atoms in total. The number of nitrogens with zero attached hydrogens (tertiary/aromatic N) is 1. The van der Waals surface area contributed by atoms with Crippen molar-refractivity contribution in [1.29, 1.82) is 0 Å². The fourth-order valence-corrected chi connectivity index (χ4v) is 1.87. The molecule has 0 aromatic carbocycles. The standard InChI is InChI=1S/C10H22N2O/c1-9(3-6-11)12-7-4-10(2,13)5-8-12/h9,13H,3-8,11H2,1-2H3. The Hall–Kier alpha value is -0.120. The number of aliphatic hydroxyl groups is 1. The first-order valence-corrected chi connectivity index (χ1v) is 5.22. The predicted molar refractivity (Wildman–Crippen MR) is 54.6 cm³/mol. The first-order chi connectivity index (χ1) is 6.05. The Morgan fingerprint density at radius 2 is 2.00 bits per heavy atom. The average molecular weight is 186 g/mol. The molecule has 1 rings (SSSR count). The highest BCUT2D eigenvalue weighted by molar-refractivity contribution is 4.83. The fourth-order valence-electron chi connectivity index (χ4n) is 1.87. The van der Waals surface area contributed by atoms with Crippen LogP contribution in [0.3, 0.4) is 0 Å². The highest BCUT2D eigenvalue weighted by Gasteiger charge is 2.28. The van der Waals surface area contributed by atoms with Crippen LogP contribution in [0.4, 0.5) is 0 Å². The summed E-state index contributed by atoms with van der Waals surface area (Å²) in [5.74, 6) is 0. The summed E-state index contributed by atoms with van der Waals surface area (Å²) in [7, 11) is 0. The molecule has 78 valence electrons. The van der Waals surface area contributed by atoms with Gasteiger partial charge in [-0.25, -0.2) is 0 Å². The van der Waals surface area contributed by atoms with Crippen LogP contribution in [0.1, 0.15) is 33.1 Å². The monoisotopic (exact) mass is 186 g/mol. The lowest BCUT2D eigenvalue weighted by atomic mass is 9.93. The summed E-state index contributed by atoms with van der Waals surface area (Å²) < 4.78 is 0. The van der Waals surface area contributed by atoms with Crippen LogP contribution in [0.2, 0.25) is 0 Å². The number of hydrogen-bond donors (Lipinski definition) is 2. The van der Waals surface area contributed by atoms with Crippen molar-refractivity contribution < 1.29 is 5.11 Å². The van der Waals surface area contributed by atoms with Crippen LogP contribution >= 0.6 is 0 Å². The number of hydrogen-bond acceptors (Lipinski definition) is 3. The maximum atomic E-state index is 9.75. The molecule has 13 heavy (non-hydrogen) atoms. The zero-order chi connectivity index (χ0) is 9.90. The molecule has 0 spiro atoms. The molecule has 0 aromatic rings. The van der Waals surface area contributed by atoms with Crippen molar-refractivity contribution in [3.8, 4) is 0 Å². The Balaban J connectivity index is 2.32. The molecule has 1 atom stereocenters. The third-order valence-electron chi connectivity index (χ3n) is 3.08. The van der Waals surface area contributed by atoms with Crippen molar-refractivity contribution in [2.75, 3.05) is 19.6 Å². The maximum absolute atomic E-state index is 9.75. The quantitative estimate of drug-likeness (QED) is 0.677. The molecule has 0 aliphatic carbocycles. The molecule has 0 radical (unpaired) electrons. The van der Waals surface area contributed by atoms with Crippen LogP contribution < -0.4 is 5.73 Å². The SMILES string of the molecule is CC(CCN)N1CCC(C)(O)CC1. The van der Waals surface area contributed by atoms with Gasteiger partial charge in [-0.1, -0.05) is 0 Å². The van der Waals surface area contributed by atoms with Gasteiger partial charge in [0.05, 0.1) is 5.60 Å². The van der Waals surface area contributed by atoms with E-state index in [1.807, 2.05) is 6.92 Å². The predicted octanol–water partition coefficient (Wildman–Crippen LogP) is 0.570. The van der Waals surface area contributed by atoms with Gasteiger partial charge >= 0.3 is 0 Å². The molecule has 1 saturated heterocycles. The largest absolute Gasteiger partial charge is 0.390 e. The van der Waals surface area contributed by atoms with Crippen molar-refractivity contribution in [3.05, 3.63) is 0 Å². The summed E-state index contributed by atoms with van der Waals surface area (Å²) in [6, 6.07) is 0.570. The molecule has 3 heteroatoms. The highest BCUT2D eigenvalue weighted by atomic mass is 16.3. The van der Waals surface area contributed by atoms with E-state index in [1.165, 1.54) is 0 Å². The van der Waals surface area contributed by atoms with Gasteiger partial charge in [0, 0.05) is 19.1 Å². The summed E-state index contributed by atoms with van der Waals surface area (Å²) in [5.41, 5.74) is 5.08. The molecular formula is C10H22N2O. The Bertz CT molecular complexity index is 149. The molecular weight excluding hydrogens is 164 g/mol. The zero-order valence-corrected chi connectivity index (χ0v) is 8.79. The summed E-state index contributed by atoms with van der Waals surface area (Å²) in [6.07, 6.45) is 2.84. The lowest BCUT2D eigenvalue weighted by molar-refractivity contribution is -0.0151. The minimum absolute atomic E-state index is 0.432. The third-order valence-corrected chi connectivity index (χ3v) is 3.08. The summed E-state index contributed by atoms with van der Waals surface area (Å²) in [6.45, 7) is 6.92. The smallest absolute Gasteiger partial charge is 0.0644 e. The molecule has 0 aromatic heterocycles. The minimum atomic E-state index is -0.432. The topological polar surface area (TPSA) is 49.5 Å². The molecule has 1 unspecified atom stereocenters. The van der Waals surface area contributed by atoms with Gasteiger partial charge < -0.3 is 15.7 Å². The van der Waals surface area contributed by atoms with Gasteiger partial charge in [0.25, 0.3) is 0 Å². The Morgan fingerprint density at radius 3 is 2.46 bits per heavy atom. The van der Waals surface area contributed by atoms with E-state index in [2.05, 4.69) is 11.8 Å². The summed E-state index contributed by atoms with van der Waals surface area (Å²) in [4.78, 5) is 2.42. The van der Waals surface area contributed by atoms with E-state index in [0.29, 0.717) is 6.04 Å². The lowest BCUT2D eigenvalue weighted by Gasteiger charge is -2.39. The van der Waals surface area contributed by atoms with Crippen molar-refractivity contribution in [2.45, 2.75) is 44.8 Å². The van der Waals surface area contributed by atoms with Crippen molar-refractivity contribution in [2.24, 2.45) is 5.73 Å².